The number of hydrogen-bond acceptors (Lipinski definition) is 7. The number of hydrogen-bond donors (Lipinski definition) is 2. The molecule has 0 radical (unpaired) electrons. The molecule has 3 fully saturated rings. The van der Waals surface area contributed by atoms with Gasteiger partial charge in [0.05, 0.1) is 6.04 Å². The highest BCUT2D eigenvalue weighted by Gasteiger charge is 2.48. The second kappa shape index (κ2) is 9.50. The lowest BCUT2D eigenvalue weighted by Gasteiger charge is -2.53. The molecule has 13 heteroatoms. The number of likely N-dealkylation sites (N-methyl/N-ethyl adjacent to an activating group) is 1. The monoisotopic (exact) mass is 504 g/mol. The van der Waals surface area contributed by atoms with Gasteiger partial charge in [-0.2, -0.15) is 13.5 Å². The zero-order valence-electron chi connectivity index (χ0n) is 20.4. The Morgan fingerprint density at radius 1 is 1.12 bits per heavy atom. The van der Waals surface area contributed by atoms with E-state index in [1.54, 1.807) is 11.8 Å². The summed E-state index contributed by atoms with van der Waals surface area (Å²) in [4.78, 5) is 40.7. The van der Waals surface area contributed by atoms with Crippen molar-refractivity contribution in [3.05, 3.63) is 0 Å². The van der Waals surface area contributed by atoms with Gasteiger partial charge < -0.3 is 19.9 Å². The molecule has 2 saturated heterocycles. The van der Waals surface area contributed by atoms with Gasteiger partial charge >= 0.3 is 22.5 Å². The van der Waals surface area contributed by atoms with Gasteiger partial charge in [-0.1, -0.05) is 0 Å². The highest BCUT2D eigenvalue weighted by Crippen LogP contribution is 2.44. The Kier molecular flexibility index (Phi) is 7.40. The second-order valence-corrected chi connectivity index (χ2v) is 11.8. The highest BCUT2D eigenvalue weighted by atomic mass is 32.3. The van der Waals surface area contributed by atoms with Gasteiger partial charge in [-0.3, -0.25) is 9.35 Å². The smallest absolute Gasteiger partial charge is 0.418 e. The molecule has 0 bridgehead atoms. The maximum atomic E-state index is 13.0. The van der Waals surface area contributed by atoms with Crippen LogP contribution in [0, 0.1) is 5.41 Å². The summed E-state index contributed by atoms with van der Waals surface area (Å²) in [5, 5.41) is 3.61. The SMILES string of the molecule is C[C@H]1CC[C@@H](C(=O)NC2CCC3(CC2)CN(C(=O)OC(C)(C)C)C3)N(C)C(=O)N1OS(=O)(=O)O. The fourth-order valence-electron chi connectivity index (χ4n) is 4.91. The van der Waals surface area contributed by atoms with Crippen molar-refractivity contribution in [1.82, 2.24) is 20.2 Å². The Labute approximate surface area is 200 Å². The van der Waals surface area contributed by atoms with Crippen LogP contribution in [0.2, 0.25) is 0 Å². The van der Waals surface area contributed by atoms with Gasteiger partial charge in [0.2, 0.25) is 5.91 Å². The van der Waals surface area contributed by atoms with E-state index in [2.05, 4.69) is 9.60 Å². The normalized spacial score (nSPS) is 26.2. The van der Waals surface area contributed by atoms with Crippen LogP contribution in [-0.2, 0) is 24.2 Å². The van der Waals surface area contributed by atoms with Crippen LogP contribution in [0.25, 0.3) is 0 Å². The number of rotatable bonds is 4. The van der Waals surface area contributed by atoms with Crippen LogP contribution in [-0.4, -0.2) is 89.7 Å². The lowest BCUT2D eigenvalue weighted by molar-refractivity contribution is -0.127. The third-order valence-corrected chi connectivity index (χ3v) is 7.14. The van der Waals surface area contributed by atoms with E-state index in [9.17, 15) is 22.8 Å². The third kappa shape index (κ3) is 6.30. The number of hydroxylamine groups is 2. The van der Waals surface area contributed by atoms with E-state index < -0.39 is 34.1 Å². The first-order valence-electron chi connectivity index (χ1n) is 11.6. The maximum Gasteiger partial charge on any atom is 0.418 e. The number of amides is 4. The van der Waals surface area contributed by atoms with Gasteiger partial charge in [0.15, 0.2) is 0 Å². The summed E-state index contributed by atoms with van der Waals surface area (Å²) in [6.07, 6.45) is 3.64. The van der Waals surface area contributed by atoms with Crippen LogP contribution >= 0.6 is 0 Å². The summed E-state index contributed by atoms with van der Waals surface area (Å²) in [6, 6.07) is -2.28. The molecule has 194 valence electrons. The Bertz CT molecular complexity index is 902. The minimum atomic E-state index is -4.87. The van der Waals surface area contributed by atoms with Crippen molar-refractivity contribution in [2.75, 3.05) is 20.1 Å². The van der Waals surface area contributed by atoms with Crippen LogP contribution in [0.15, 0.2) is 0 Å². The average molecular weight is 505 g/mol. The molecule has 2 aliphatic heterocycles. The molecule has 2 heterocycles. The van der Waals surface area contributed by atoms with E-state index in [0.29, 0.717) is 31.0 Å². The van der Waals surface area contributed by atoms with Gasteiger partial charge in [0.25, 0.3) is 0 Å². The number of urea groups is 1. The first-order chi connectivity index (χ1) is 15.6. The molecular formula is C21H36N4O8S. The van der Waals surface area contributed by atoms with Crippen LogP contribution in [0.4, 0.5) is 9.59 Å². The first-order valence-corrected chi connectivity index (χ1v) is 13.0. The predicted octanol–water partition coefficient (Wildman–Crippen LogP) is 1.92. The fourth-order valence-corrected chi connectivity index (χ4v) is 5.32. The van der Waals surface area contributed by atoms with Crippen molar-refractivity contribution in [1.29, 1.82) is 0 Å². The molecule has 1 spiro atoms. The van der Waals surface area contributed by atoms with Crippen LogP contribution in [0.1, 0.15) is 66.2 Å². The molecule has 1 saturated carbocycles. The molecule has 12 nitrogen and oxygen atoms in total. The van der Waals surface area contributed by atoms with E-state index in [4.69, 9.17) is 9.29 Å². The fraction of sp³-hybridized carbons (Fsp3) is 0.857. The van der Waals surface area contributed by atoms with Crippen molar-refractivity contribution in [3.8, 4) is 0 Å². The zero-order valence-corrected chi connectivity index (χ0v) is 21.3. The van der Waals surface area contributed by atoms with Crippen LogP contribution in [0.5, 0.6) is 0 Å². The van der Waals surface area contributed by atoms with E-state index >= 15 is 0 Å². The lowest BCUT2D eigenvalue weighted by Crippen LogP contribution is -2.61. The standard InChI is InChI=1S/C21H36N4O8S/c1-14-6-7-16(23(5)18(27)25(14)33-34(29,30)31)17(26)22-15-8-10-21(11-9-15)12-24(13-21)19(28)32-20(2,3)4/h14-16H,6-13H2,1-5H3,(H,22,26)(H,29,30,31)/t14-,16-/m0/s1. The Morgan fingerprint density at radius 2 is 1.71 bits per heavy atom. The quantitative estimate of drug-likeness (QED) is 0.552. The Balaban J connectivity index is 1.51. The number of likely N-dealkylation sites (tertiary alicyclic amines) is 1. The molecule has 3 aliphatic rings. The highest BCUT2D eigenvalue weighted by molar-refractivity contribution is 7.80. The number of nitrogens with one attached hydrogen (secondary N) is 1. The van der Waals surface area contributed by atoms with E-state index in [1.807, 2.05) is 20.8 Å². The molecule has 1 aliphatic carbocycles. The number of ether oxygens (including phenoxy) is 1. The summed E-state index contributed by atoms with van der Waals surface area (Å²) in [5.74, 6) is -0.304. The summed E-state index contributed by atoms with van der Waals surface area (Å²) in [5.41, 5.74) is -0.460. The van der Waals surface area contributed by atoms with Gasteiger partial charge in [0.1, 0.15) is 11.6 Å². The summed E-state index contributed by atoms with van der Waals surface area (Å²) in [6.45, 7) is 8.42. The molecule has 0 aromatic heterocycles. The first kappa shape index (κ1) is 26.5. The van der Waals surface area contributed by atoms with Crippen LogP contribution < -0.4 is 5.32 Å². The molecule has 0 aromatic carbocycles. The number of nitrogens with zero attached hydrogens (tertiary/aromatic N) is 3. The third-order valence-electron chi connectivity index (χ3n) is 6.79. The van der Waals surface area contributed by atoms with Gasteiger partial charge in [-0.05, 0) is 66.2 Å². The van der Waals surface area contributed by atoms with E-state index in [1.165, 1.54) is 7.05 Å². The minimum absolute atomic E-state index is 0.0388. The van der Waals surface area contributed by atoms with Crippen LogP contribution in [0.3, 0.4) is 0 Å². The molecule has 2 N–H and O–H groups in total. The maximum absolute atomic E-state index is 13.0. The van der Waals surface area contributed by atoms with Crippen molar-refractivity contribution in [3.63, 3.8) is 0 Å². The molecule has 3 rings (SSSR count). The minimum Gasteiger partial charge on any atom is -0.444 e. The van der Waals surface area contributed by atoms with Crippen molar-refractivity contribution < 1.29 is 36.4 Å². The summed E-state index contributed by atoms with van der Waals surface area (Å²) >= 11 is 0. The van der Waals surface area contributed by atoms with Crippen molar-refractivity contribution >= 4 is 28.4 Å². The summed E-state index contributed by atoms with van der Waals surface area (Å²) < 4.78 is 41.0. The van der Waals surface area contributed by atoms with E-state index in [0.717, 1.165) is 30.6 Å². The molecule has 2 atom stereocenters. The van der Waals surface area contributed by atoms with Crippen molar-refractivity contribution in [2.24, 2.45) is 5.41 Å². The van der Waals surface area contributed by atoms with E-state index in [-0.39, 0.29) is 23.5 Å². The Morgan fingerprint density at radius 3 is 2.24 bits per heavy atom. The zero-order chi connectivity index (χ0) is 25.5. The topological polar surface area (TPSA) is 146 Å². The van der Waals surface area contributed by atoms with Gasteiger partial charge in [-0.25, -0.2) is 9.59 Å². The largest absolute Gasteiger partial charge is 0.444 e. The molecule has 0 aromatic rings. The summed E-state index contributed by atoms with van der Waals surface area (Å²) in [7, 11) is -3.47. The second-order valence-electron chi connectivity index (χ2n) is 10.8. The number of carbonyl (C=O) groups excluding carboxylic acids is 3. The lowest BCUT2D eigenvalue weighted by atomic mass is 9.67. The van der Waals surface area contributed by atoms with Gasteiger partial charge in [0, 0.05) is 31.6 Å². The van der Waals surface area contributed by atoms with Gasteiger partial charge in [-0.15, -0.1) is 4.28 Å². The number of carbonyl (C=O) groups is 3. The average Bonchev–Trinajstić information content (AvgIpc) is 2.77. The van der Waals surface area contributed by atoms with Crippen molar-refractivity contribution in [2.45, 2.75) is 89.9 Å². The Hall–Kier alpha value is -2.12. The predicted molar refractivity (Wildman–Crippen MR) is 121 cm³/mol. The molecule has 34 heavy (non-hydrogen) atoms. The molecule has 0 unspecified atom stereocenters. The molecular weight excluding hydrogens is 468 g/mol. The molecule has 4 amide bonds.